The molecule has 55 heavy (non-hydrogen) atoms. The van der Waals surface area contributed by atoms with Gasteiger partial charge >= 0.3 is 6.03 Å². The van der Waals surface area contributed by atoms with Crippen LogP contribution in [0.15, 0.2) is 158 Å². The number of aromatic nitrogens is 2. The van der Waals surface area contributed by atoms with Crippen LogP contribution in [0.4, 0.5) is 22.1 Å². The maximum atomic E-state index is 15.3. The zero-order valence-electron chi connectivity index (χ0n) is 29.8. The van der Waals surface area contributed by atoms with Crippen molar-refractivity contribution in [1.82, 2.24) is 14.9 Å². The van der Waals surface area contributed by atoms with Gasteiger partial charge in [0.25, 0.3) is 11.8 Å². The molecule has 0 radical (unpaired) electrons. The molecule has 2 aromatic heterocycles. The summed E-state index contributed by atoms with van der Waals surface area (Å²) in [5, 5.41) is 29.9. The maximum Gasteiger partial charge on any atom is 0.325 e. The number of carbonyl (C=O) groups excluding carboxylic acids is 3. The van der Waals surface area contributed by atoms with Crippen LogP contribution in [0.1, 0.15) is 37.4 Å². The quantitative estimate of drug-likeness (QED) is 0.121. The van der Waals surface area contributed by atoms with Crippen LogP contribution >= 0.6 is 0 Å². The first kappa shape index (κ1) is 36.7. The number of aliphatic hydroxyl groups excluding tert-OH is 2. The van der Waals surface area contributed by atoms with Gasteiger partial charge in [0.05, 0.1) is 12.1 Å². The van der Waals surface area contributed by atoms with E-state index in [2.05, 4.69) is 20.6 Å². The van der Waals surface area contributed by atoms with Gasteiger partial charge in [-0.1, -0.05) is 91.0 Å². The first-order chi connectivity index (χ1) is 26.8. The van der Waals surface area contributed by atoms with Crippen molar-refractivity contribution in [1.29, 1.82) is 0 Å². The number of hydrogen-bond donors (Lipinski definition) is 4. The van der Waals surface area contributed by atoms with Crippen LogP contribution < -0.4 is 15.5 Å². The van der Waals surface area contributed by atoms with Gasteiger partial charge in [-0.15, -0.1) is 0 Å². The van der Waals surface area contributed by atoms with Gasteiger partial charge in [-0.05, 0) is 84.1 Å². The normalized spacial score (nSPS) is 18.3. The van der Waals surface area contributed by atoms with Crippen LogP contribution in [0.2, 0.25) is 0 Å². The lowest BCUT2D eigenvalue weighted by Gasteiger charge is -2.36. The predicted molar refractivity (Wildman–Crippen MR) is 211 cm³/mol. The monoisotopic (exact) mass is 732 g/mol. The molecule has 1 aliphatic rings. The van der Waals surface area contributed by atoms with E-state index < -0.39 is 36.2 Å². The highest BCUT2D eigenvalue weighted by molar-refractivity contribution is 6.05. The van der Waals surface area contributed by atoms with Crippen LogP contribution in [0.3, 0.4) is 0 Å². The Bertz CT molecular complexity index is 2230. The van der Waals surface area contributed by atoms with Crippen LogP contribution in [0, 0.1) is 0 Å². The lowest BCUT2D eigenvalue weighted by atomic mass is 9.90. The number of pyridine rings is 2. The molecule has 1 saturated heterocycles. The Kier molecular flexibility index (Phi) is 11.3. The SMILES string of the molecule is O=C(Nc1ccccn1)c1cccc(CN2C(=O)N(c3cccc(C(=O)Nc4ccccn4)c3)[C@H](Cc3ccccc3)[C@H](O)[C@@H](O)[C@H]2Cc2ccccc2)c1. The summed E-state index contributed by atoms with van der Waals surface area (Å²) in [6.07, 6.45) is 0.834. The summed E-state index contributed by atoms with van der Waals surface area (Å²) in [4.78, 5) is 53.5. The molecule has 11 heteroatoms. The number of anilines is 3. The van der Waals surface area contributed by atoms with Gasteiger partial charge in [-0.25, -0.2) is 14.8 Å². The van der Waals surface area contributed by atoms with Crippen molar-refractivity contribution in [2.45, 2.75) is 43.7 Å². The molecule has 4 amide bonds. The highest BCUT2D eigenvalue weighted by Crippen LogP contribution is 2.33. The Morgan fingerprint density at radius 2 is 1.05 bits per heavy atom. The molecule has 0 aliphatic carbocycles. The van der Waals surface area contributed by atoms with Gasteiger partial charge in [-0.3, -0.25) is 14.5 Å². The molecule has 1 fully saturated rings. The van der Waals surface area contributed by atoms with Crippen LogP contribution in [-0.2, 0) is 19.4 Å². The Morgan fingerprint density at radius 1 is 0.564 bits per heavy atom. The summed E-state index contributed by atoms with van der Waals surface area (Å²) < 4.78 is 0. The number of aliphatic hydroxyl groups is 2. The number of rotatable bonds is 11. The fraction of sp³-hybridized carbons (Fsp3) is 0.159. The molecule has 6 aromatic rings. The molecule has 4 atom stereocenters. The second kappa shape index (κ2) is 17.0. The van der Waals surface area contributed by atoms with E-state index in [1.54, 1.807) is 96.2 Å². The van der Waals surface area contributed by atoms with E-state index in [1.807, 2.05) is 66.7 Å². The molecular formula is C44H40N6O5. The minimum Gasteiger partial charge on any atom is -0.388 e. The zero-order chi connectivity index (χ0) is 38.1. The number of benzene rings is 4. The summed E-state index contributed by atoms with van der Waals surface area (Å²) >= 11 is 0. The van der Waals surface area contributed by atoms with E-state index in [0.29, 0.717) is 28.5 Å². The fourth-order valence-corrected chi connectivity index (χ4v) is 6.91. The Morgan fingerprint density at radius 3 is 1.62 bits per heavy atom. The number of amides is 4. The van der Waals surface area contributed by atoms with Gasteiger partial charge in [0, 0.05) is 35.8 Å². The highest BCUT2D eigenvalue weighted by Gasteiger charge is 2.47. The molecule has 11 nitrogen and oxygen atoms in total. The van der Waals surface area contributed by atoms with Crippen molar-refractivity contribution in [2.75, 3.05) is 15.5 Å². The Balaban J connectivity index is 1.29. The summed E-state index contributed by atoms with van der Waals surface area (Å²) in [6.45, 7) is -0.000763. The Hall–Kier alpha value is -6.69. The molecule has 4 N–H and O–H groups in total. The van der Waals surface area contributed by atoms with E-state index in [9.17, 15) is 19.8 Å². The number of nitrogens with zero attached hydrogens (tertiary/aromatic N) is 4. The molecule has 7 rings (SSSR count). The summed E-state index contributed by atoms with van der Waals surface area (Å²) in [6, 6.07) is 40.6. The lowest BCUT2D eigenvalue weighted by molar-refractivity contribution is -0.0291. The van der Waals surface area contributed by atoms with Gasteiger partial charge in [0.15, 0.2) is 0 Å². The van der Waals surface area contributed by atoms with Crippen molar-refractivity contribution in [3.8, 4) is 0 Å². The molecule has 276 valence electrons. The number of carbonyl (C=O) groups is 3. The van der Waals surface area contributed by atoms with Gasteiger partial charge in [-0.2, -0.15) is 0 Å². The topological polar surface area (TPSA) is 148 Å². The summed E-state index contributed by atoms with van der Waals surface area (Å²) in [5.41, 5.74) is 3.33. The number of hydrogen-bond acceptors (Lipinski definition) is 7. The first-order valence-corrected chi connectivity index (χ1v) is 18.0. The average Bonchev–Trinajstić information content (AvgIpc) is 3.28. The van der Waals surface area contributed by atoms with Crippen LogP contribution in [0.25, 0.3) is 0 Å². The van der Waals surface area contributed by atoms with Crippen molar-refractivity contribution in [3.63, 3.8) is 0 Å². The smallest absolute Gasteiger partial charge is 0.325 e. The molecule has 0 spiro atoms. The summed E-state index contributed by atoms with van der Waals surface area (Å²) in [5.74, 6) is -0.0289. The van der Waals surface area contributed by atoms with Crippen LogP contribution in [-0.4, -0.2) is 67.2 Å². The zero-order valence-corrected chi connectivity index (χ0v) is 29.8. The van der Waals surface area contributed by atoms with E-state index in [4.69, 9.17) is 0 Å². The van der Waals surface area contributed by atoms with Crippen molar-refractivity contribution < 1.29 is 24.6 Å². The average molecular weight is 733 g/mol. The number of urea groups is 1. The van der Waals surface area contributed by atoms with Crippen molar-refractivity contribution in [3.05, 3.63) is 186 Å². The minimum absolute atomic E-state index is 0.000763. The molecule has 1 aliphatic heterocycles. The van der Waals surface area contributed by atoms with E-state index in [1.165, 1.54) is 4.90 Å². The lowest BCUT2D eigenvalue weighted by Crippen LogP contribution is -2.51. The van der Waals surface area contributed by atoms with E-state index in [0.717, 1.165) is 11.1 Å². The predicted octanol–water partition coefficient (Wildman–Crippen LogP) is 6.37. The van der Waals surface area contributed by atoms with Gasteiger partial charge in [0.2, 0.25) is 0 Å². The second-order valence-electron chi connectivity index (χ2n) is 13.4. The molecule has 3 heterocycles. The molecule has 0 unspecified atom stereocenters. The summed E-state index contributed by atoms with van der Waals surface area (Å²) in [7, 11) is 0. The third-order valence-electron chi connectivity index (χ3n) is 9.64. The first-order valence-electron chi connectivity index (χ1n) is 18.0. The highest BCUT2D eigenvalue weighted by atomic mass is 16.3. The van der Waals surface area contributed by atoms with E-state index >= 15 is 4.79 Å². The Labute approximate surface area is 318 Å². The molecular weight excluding hydrogens is 693 g/mol. The van der Waals surface area contributed by atoms with Gasteiger partial charge in [0.1, 0.15) is 23.8 Å². The third kappa shape index (κ3) is 8.76. The number of nitrogens with one attached hydrogen (secondary N) is 2. The molecule has 0 bridgehead atoms. The maximum absolute atomic E-state index is 15.3. The van der Waals surface area contributed by atoms with Crippen molar-refractivity contribution >= 4 is 35.2 Å². The van der Waals surface area contributed by atoms with Gasteiger partial charge < -0.3 is 25.7 Å². The largest absolute Gasteiger partial charge is 0.388 e. The minimum atomic E-state index is -1.40. The molecule has 4 aromatic carbocycles. The van der Waals surface area contributed by atoms with Crippen LogP contribution in [0.5, 0.6) is 0 Å². The fourth-order valence-electron chi connectivity index (χ4n) is 6.91. The standard InChI is InChI=1S/C44H40N6O5/c51-40-36(26-30-13-3-1-4-14-30)49(29-32-17-11-18-33(25-32)42(53)47-38-21-7-9-23-45-38)44(55)50(37(41(40)52)27-31-15-5-2-6-16-31)35-20-12-19-34(28-35)43(54)48-39-22-8-10-24-46-39/h1-25,28,36-37,40-41,51-52H,26-27,29H2,(H,45,47,53)(H,46,48,54)/t36-,37-,40+,41+/m1/s1. The van der Waals surface area contributed by atoms with Crippen molar-refractivity contribution in [2.24, 2.45) is 0 Å². The second-order valence-corrected chi connectivity index (χ2v) is 13.4. The van der Waals surface area contributed by atoms with E-state index in [-0.39, 0.29) is 30.9 Å². The molecule has 0 saturated carbocycles. The third-order valence-corrected chi connectivity index (χ3v) is 9.64.